The number of nitrogens with zero attached hydrogens (tertiary/aromatic N) is 1. The van der Waals surface area contributed by atoms with E-state index < -0.39 is 12.6 Å². The Morgan fingerprint density at radius 3 is 2.61 bits per heavy atom. The van der Waals surface area contributed by atoms with E-state index in [4.69, 9.17) is 4.74 Å². The van der Waals surface area contributed by atoms with Crippen LogP contribution in [0, 0.1) is 0 Å². The topological polar surface area (TPSA) is 45.7 Å². The molecule has 1 unspecified atom stereocenters. The lowest BCUT2D eigenvalue weighted by molar-refractivity contribution is -0.132. The normalized spacial score (nSPS) is 20.4. The predicted octanol–water partition coefficient (Wildman–Crippen LogP) is 1.90. The SMILES string of the molecule is CN=C(NCCC(F)(F)F)NCC1CCCO1.I. The minimum absolute atomic E-state index is 0. The first-order valence-corrected chi connectivity index (χ1v) is 5.64. The molecule has 0 bridgehead atoms. The Balaban J connectivity index is 0.00000289. The Morgan fingerprint density at radius 2 is 2.11 bits per heavy atom. The van der Waals surface area contributed by atoms with Gasteiger partial charge in [0.2, 0.25) is 0 Å². The van der Waals surface area contributed by atoms with Crippen LogP contribution in [0.1, 0.15) is 19.3 Å². The van der Waals surface area contributed by atoms with Crippen molar-refractivity contribution in [2.75, 3.05) is 26.7 Å². The van der Waals surface area contributed by atoms with Crippen molar-refractivity contribution in [3.8, 4) is 0 Å². The third kappa shape index (κ3) is 7.96. The molecule has 0 aliphatic carbocycles. The number of aliphatic imine (C=N–C) groups is 1. The number of rotatable bonds is 4. The summed E-state index contributed by atoms with van der Waals surface area (Å²) in [6.07, 6.45) is -2.86. The molecule has 0 saturated carbocycles. The minimum atomic E-state index is -4.14. The largest absolute Gasteiger partial charge is 0.390 e. The molecular formula is C10H19F3IN3O. The standard InChI is InChI=1S/C10H18F3N3O.HI/c1-14-9(15-5-4-10(11,12)13)16-7-8-3-2-6-17-8;/h8H,2-7H2,1H3,(H2,14,15,16);1H. The molecule has 1 heterocycles. The van der Waals surface area contributed by atoms with Gasteiger partial charge in [0.05, 0.1) is 12.5 Å². The lowest BCUT2D eigenvalue weighted by Crippen LogP contribution is -2.42. The fourth-order valence-electron chi connectivity index (χ4n) is 1.56. The van der Waals surface area contributed by atoms with E-state index in [9.17, 15) is 13.2 Å². The van der Waals surface area contributed by atoms with Crippen molar-refractivity contribution >= 4 is 29.9 Å². The molecule has 0 aromatic rings. The Hall–Kier alpha value is -0.250. The molecule has 0 aromatic heterocycles. The summed E-state index contributed by atoms with van der Waals surface area (Å²) in [5.74, 6) is 0.379. The molecule has 108 valence electrons. The predicted molar refractivity (Wildman–Crippen MR) is 74.4 cm³/mol. The van der Waals surface area contributed by atoms with Gasteiger partial charge in [-0.1, -0.05) is 0 Å². The van der Waals surface area contributed by atoms with E-state index in [1.54, 1.807) is 0 Å². The Kier molecular flexibility index (Phi) is 8.66. The minimum Gasteiger partial charge on any atom is -0.376 e. The number of nitrogens with one attached hydrogen (secondary N) is 2. The van der Waals surface area contributed by atoms with Gasteiger partial charge >= 0.3 is 6.18 Å². The van der Waals surface area contributed by atoms with Crippen LogP contribution in [0.4, 0.5) is 13.2 Å². The maximum atomic E-state index is 11.9. The number of hydrogen-bond acceptors (Lipinski definition) is 2. The van der Waals surface area contributed by atoms with E-state index >= 15 is 0 Å². The van der Waals surface area contributed by atoms with Crippen molar-refractivity contribution in [2.45, 2.75) is 31.5 Å². The maximum absolute atomic E-state index is 11.9. The highest BCUT2D eigenvalue weighted by Gasteiger charge is 2.26. The Labute approximate surface area is 122 Å². The highest BCUT2D eigenvalue weighted by molar-refractivity contribution is 14.0. The first-order chi connectivity index (χ1) is 8.01. The summed E-state index contributed by atoms with van der Waals surface area (Å²) < 4.78 is 41.1. The third-order valence-corrected chi connectivity index (χ3v) is 2.45. The molecule has 0 amide bonds. The van der Waals surface area contributed by atoms with Crippen molar-refractivity contribution in [1.82, 2.24) is 10.6 Å². The number of ether oxygens (including phenoxy) is 1. The van der Waals surface area contributed by atoms with E-state index in [0.717, 1.165) is 19.4 Å². The molecule has 1 atom stereocenters. The smallest absolute Gasteiger partial charge is 0.376 e. The van der Waals surface area contributed by atoms with Crippen LogP contribution in [-0.2, 0) is 4.74 Å². The summed E-state index contributed by atoms with van der Waals surface area (Å²) in [6, 6.07) is 0. The molecule has 1 aliphatic rings. The maximum Gasteiger partial charge on any atom is 0.390 e. The summed E-state index contributed by atoms with van der Waals surface area (Å²) in [7, 11) is 1.53. The summed E-state index contributed by atoms with van der Waals surface area (Å²) in [5, 5.41) is 5.56. The molecule has 0 spiro atoms. The molecule has 0 radical (unpaired) electrons. The molecule has 1 fully saturated rings. The zero-order chi connectivity index (χ0) is 12.7. The first kappa shape index (κ1) is 17.8. The molecule has 0 aromatic carbocycles. The van der Waals surface area contributed by atoms with Crippen LogP contribution in [0.5, 0.6) is 0 Å². The van der Waals surface area contributed by atoms with Gasteiger partial charge in [-0.2, -0.15) is 13.2 Å². The number of hydrogen-bond donors (Lipinski definition) is 2. The van der Waals surface area contributed by atoms with Gasteiger partial charge in [-0.05, 0) is 12.8 Å². The van der Waals surface area contributed by atoms with Crippen molar-refractivity contribution in [2.24, 2.45) is 4.99 Å². The lowest BCUT2D eigenvalue weighted by atomic mass is 10.2. The van der Waals surface area contributed by atoms with Gasteiger partial charge in [0.1, 0.15) is 0 Å². The second kappa shape index (κ2) is 8.78. The lowest BCUT2D eigenvalue weighted by Gasteiger charge is -2.15. The third-order valence-electron chi connectivity index (χ3n) is 2.45. The fraction of sp³-hybridized carbons (Fsp3) is 0.900. The average Bonchev–Trinajstić information content (AvgIpc) is 2.74. The molecule has 18 heavy (non-hydrogen) atoms. The monoisotopic (exact) mass is 381 g/mol. The molecular weight excluding hydrogens is 362 g/mol. The number of halogens is 4. The Morgan fingerprint density at radius 1 is 1.39 bits per heavy atom. The molecule has 1 aliphatic heterocycles. The van der Waals surface area contributed by atoms with Gasteiger partial charge in [0.15, 0.2) is 5.96 Å². The highest BCUT2D eigenvalue weighted by Crippen LogP contribution is 2.18. The summed E-state index contributed by atoms with van der Waals surface area (Å²) in [6.45, 7) is 1.16. The molecule has 1 saturated heterocycles. The van der Waals surface area contributed by atoms with Crippen molar-refractivity contribution in [3.05, 3.63) is 0 Å². The van der Waals surface area contributed by atoms with Crippen LogP contribution in [0.3, 0.4) is 0 Å². The van der Waals surface area contributed by atoms with Crippen LogP contribution in [0.2, 0.25) is 0 Å². The zero-order valence-corrected chi connectivity index (χ0v) is 12.5. The van der Waals surface area contributed by atoms with Crippen LogP contribution in [0.25, 0.3) is 0 Å². The molecule has 1 rings (SSSR count). The van der Waals surface area contributed by atoms with Crippen LogP contribution >= 0.6 is 24.0 Å². The van der Waals surface area contributed by atoms with Gasteiger partial charge in [-0.3, -0.25) is 4.99 Å². The number of alkyl halides is 3. The molecule has 8 heteroatoms. The molecule has 2 N–H and O–H groups in total. The quantitative estimate of drug-likeness (QED) is 0.444. The summed E-state index contributed by atoms with van der Waals surface area (Å²) in [4.78, 5) is 3.84. The summed E-state index contributed by atoms with van der Waals surface area (Å²) >= 11 is 0. The molecule has 4 nitrogen and oxygen atoms in total. The second-order valence-corrected chi connectivity index (χ2v) is 3.88. The Bertz CT molecular complexity index is 255. The van der Waals surface area contributed by atoms with Crippen molar-refractivity contribution in [1.29, 1.82) is 0 Å². The van der Waals surface area contributed by atoms with Crippen molar-refractivity contribution < 1.29 is 17.9 Å². The van der Waals surface area contributed by atoms with E-state index in [0.29, 0.717) is 12.5 Å². The van der Waals surface area contributed by atoms with E-state index in [-0.39, 0.29) is 36.6 Å². The highest BCUT2D eigenvalue weighted by atomic mass is 127. The summed E-state index contributed by atoms with van der Waals surface area (Å²) in [5.41, 5.74) is 0. The van der Waals surface area contributed by atoms with Gasteiger partial charge in [0, 0.05) is 26.7 Å². The van der Waals surface area contributed by atoms with Crippen molar-refractivity contribution in [3.63, 3.8) is 0 Å². The fourth-order valence-corrected chi connectivity index (χ4v) is 1.56. The van der Waals surface area contributed by atoms with E-state index in [2.05, 4.69) is 15.6 Å². The number of guanidine groups is 1. The zero-order valence-electron chi connectivity index (χ0n) is 10.2. The van der Waals surface area contributed by atoms with Crippen LogP contribution in [-0.4, -0.2) is 45.0 Å². The van der Waals surface area contributed by atoms with Gasteiger partial charge in [0.25, 0.3) is 0 Å². The van der Waals surface area contributed by atoms with Gasteiger partial charge < -0.3 is 15.4 Å². The van der Waals surface area contributed by atoms with Gasteiger partial charge in [-0.25, -0.2) is 0 Å². The first-order valence-electron chi connectivity index (χ1n) is 5.64. The second-order valence-electron chi connectivity index (χ2n) is 3.88. The van der Waals surface area contributed by atoms with Crippen LogP contribution in [0.15, 0.2) is 4.99 Å². The van der Waals surface area contributed by atoms with E-state index in [1.807, 2.05) is 0 Å². The van der Waals surface area contributed by atoms with Gasteiger partial charge in [-0.15, -0.1) is 24.0 Å². The average molecular weight is 381 g/mol. The van der Waals surface area contributed by atoms with E-state index in [1.165, 1.54) is 7.05 Å². The van der Waals surface area contributed by atoms with Crippen LogP contribution < -0.4 is 10.6 Å².